The average molecular weight is 323 g/mol. The zero-order valence-electron chi connectivity index (χ0n) is 10.9. The first-order chi connectivity index (χ1) is 9.92. The van der Waals surface area contributed by atoms with Crippen LogP contribution in [0.1, 0.15) is 11.3 Å². The van der Waals surface area contributed by atoms with Crippen LogP contribution in [0.3, 0.4) is 0 Å². The molecule has 0 fully saturated rings. The molecule has 0 aliphatic carbocycles. The fourth-order valence-electron chi connectivity index (χ4n) is 1.58. The molecule has 1 aromatic carbocycles. The van der Waals surface area contributed by atoms with Gasteiger partial charge in [-0.25, -0.2) is 8.42 Å². The van der Waals surface area contributed by atoms with Crippen molar-refractivity contribution >= 4 is 32.9 Å². The number of aliphatic hydroxyl groups is 1. The first kappa shape index (κ1) is 15.4. The van der Waals surface area contributed by atoms with E-state index in [1.54, 1.807) is 24.3 Å². The Balaban J connectivity index is 2.22. The third-order valence-corrected chi connectivity index (χ3v) is 4.26. The molecular formula is C13H13N3O3S2. The molecule has 0 aliphatic heterocycles. The van der Waals surface area contributed by atoms with Gasteiger partial charge in [0.2, 0.25) is 0 Å². The summed E-state index contributed by atoms with van der Waals surface area (Å²) in [6, 6.07) is 9.23. The number of nitrogens with two attached hydrogens (primary N) is 1. The third kappa shape index (κ3) is 3.75. The van der Waals surface area contributed by atoms with Crippen LogP contribution in [0.4, 0.5) is 5.69 Å². The molecule has 1 heterocycles. The molecule has 0 saturated carbocycles. The summed E-state index contributed by atoms with van der Waals surface area (Å²) >= 11 is 4.76. The van der Waals surface area contributed by atoms with Crippen molar-refractivity contribution in [3.8, 4) is 0 Å². The number of benzene rings is 1. The number of rotatable bonds is 5. The molecule has 0 saturated heterocycles. The van der Waals surface area contributed by atoms with Crippen LogP contribution in [0.5, 0.6) is 0 Å². The molecule has 0 unspecified atom stereocenters. The Morgan fingerprint density at radius 1 is 1.24 bits per heavy atom. The van der Waals surface area contributed by atoms with E-state index in [0.717, 1.165) is 0 Å². The quantitative estimate of drug-likeness (QED) is 0.709. The molecule has 0 radical (unpaired) electrons. The number of hydrogen-bond acceptors (Lipinski definition) is 5. The second kappa shape index (κ2) is 6.17. The number of aliphatic hydroxyl groups excluding tert-OH is 1. The first-order valence-corrected chi connectivity index (χ1v) is 7.80. The number of sulfonamides is 1. The van der Waals surface area contributed by atoms with Gasteiger partial charge in [-0.2, -0.15) is 0 Å². The Kier molecular flexibility index (Phi) is 4.51. The number of nitrogens with zero attached hydrogens (tertiary/aromatic N) is 1. The lowest BCUT2D eigenvalue weighted by Crippen LogP contribution is -2.15. The van der Waals surface area contributed by atoms with Crippen LogP contribution >= 0.6 is 12.2 Å². The molecule has 0 aliphatic rings. The second-order valence-electron chi connectivity index (χ2n) is 4.20. The molecule has 110 valence electrons. The molecule has 1 aromatic heterocycles. The van der Waals surface area contributed by atoms with Crippen molar-refractivity contribution in [3.63, 3.8) is 0 Å². The summed E-state index contributed by atoms with van der Waals surface area (Å²) in [7, 11) is -3.73. The number of hydrogen-bond donors (Lipinski definition) is 3. The normalized spacial score (nSPS) is 11.1. The van der Waals surface area contributed by atoms with E-state index in [-0.39, 0.29) is 16.5 Å². The Morgan fingerprint density at radius 2 is 1.90 bits per heavy atom. The van der Waals surface area contributed by atoms with Crippen LogP contribution in [-0.2, 0) is 16.6 Å². The van der Waals surface area contributed by atoms with E-state index in [2.05, 4.69) is 9.71 Å². The molecular weight excluding hydrogens is 310 g/mol. The van der Waals surface area contributed by atoms with E-state index in [1.165, 1.54) is 18.3 Å². The fourth-order valence-corrected chi connectivity index (χ4v) is 2.70. The minimum Gasteiger partial charge on any atom is -0.392 e. The summed E-state index contributed by atoms with van der Waals surface area (Å²) in [4.78, 5) is 4.01. The van der Waals surface area contributed by atoms with Gasteiger partial charge in [-0.05, 0) is 29.8 Å². The molecule has 8 heteroatoms. The van der Waals surface area contributed by atoms with E-state index in [9.17, 15) is 8.42 Å². The summed E-state index contributed by atoms with van der Waals surface area (Å²) in [6.07, 6.45) is 1.19. The zero-order chi connectivity index (χ0) is 15.5. The summed E-state index contributed by atoms with van der Waals surface area (Å²) in [5.41, 5.74) is 6.85. The topological polar surface area (TPSA) is 105 Å². The van der Waals surface area contributed by atoms with Gasteiger partial charge in [0.15, 0.2) is 0 Å². The first-order valence-electron chi connectivity index (χ1n) is 5.91. The van der Waals surface area contributed by atoms with Gasteiger partial charge in [0.05, 0.1) is 12.3 Å². The van der Waals surface area contributed by atoms with E-state index >= 15 is 0 Å². The van der Waals surface area contributed by atoms with Crippen LogP contribution < -0.4 is 10.5 Å². The smallest absolute Gasteiger partial charge is 0.263 e. The average Bonchev–Trinajstić information content (AvgIpc) is 2.48. The van der Waals surface area contributed by atoms with Crippen molar-refractivity contribution in [2.45, 2.75) is 11.5 Å². The number of nitrogens with one attached hydrogen (secondary N) is 1. The van der Waals surface area contributed by atoms with Gasteiger partial charge in [0, 0.05) is 11.9 Å². The van der Waals surface area contributed by atoms with Crippen LogP contribution in [-0.4, -0.2) is 23.5 Å². The van der Waals surface area contributed by atoms with Crippen LogP contribution in [0.2, 0.25) is 0 Å². The van der Waals surface area contributed by atoms with Gasteiger partial charge < -0.3 is 10.8 Å². The van der Waals surface area contributed by atoms with E-state index < -0.39 is 10.0 Å². The highest BCUT2D eigenvalue weighted by Crippen LogP contribution is 2.16. The van der Waals surface area contributed by atoms with Gasteiger partial charge in [0.1, 0.15) is 9.88 Å². The largest absolute Gasteiger partial charge is 0.392 e. The minimum atomic E-state index is -3.73. The van der Waals surface area contributed by atoms with Crippen molar-refractivity contribution in [2.75, 3.05) is 4.72 Å². The lowest BCUT2D eigenvalue weighted by Gasteiger charge is -2.08. The van der Waals surface area contributed by atoms with Crippen LogP contribution in [0.25, 0.3) is 0 Å². The van der Waals surface area contributed by atoms with Crippen molar-refractivity contribution in [3.05, 3.63) is 53.9 Å². The molecule has 2 rings (SSSR count). The predicted molar refractivity (Wildman–Crippen MR) is 83.3 cm³/mol. The summed E-state index contributed by atoms with van der Waals surface area (Å²) in [5.74, 6) is 0. The maximum absolute atomic E-state index is 12.2. The Bertz CT molecular complexity index is 741. The van der Waals surface area contributed by atoms with Crippen molar-refractivity contribution < 1.29 is 13.5 Å². The maximum atomic E-state index is 12.2. The molecule has 4 N–H and O–H groups in total. The number of thiocarbonyl (C=S) groups is 1. The predicted octanol–water partition coefficient (Wildman–Crippen LogP) is 1.01. The number of aromatic nitrogens is 1. The zero-order valence-corrected chi connectivity index (χ0v) is 12.5. The van der Waals surface area contributed by atoms with E-state index in [1.807, 2.05) is 0 Å². The molecule has 6 nitrogen and oxygen atoms in total. The lowest BCUT2D eigenvalue weighted by atomic mass is 10.2. The van der Waals surface area contributed by atoms with E-state index in [0.29, 0.717) is 16.9 Å². The van der Waals surface area contributed by atoms with Gasteiger partial charge in [-0.15, -0.1) is 0 Å². The number of anilines is 1. The highest BCUT2D eigenvalue weighted by Gasteiger charge is 2.15. The summed E-state index contributed by atoms with van der Waals surface area (Å²) < 4.78 is 26.8. The molecule has 0 spiro atoms. The third-order valence-electron chi connectivity index (χ3n) is 2.69. The van der Waals surface area contributed by atoms with Gasteiger partial charge >= 0.3 is 0 Å². The Morgan fingerprint density at radius 3 is 2.38 bits per heavy atom. The molecule has 2 aromatic rings. The van der Waals surface area contributed by atoms with Gasteiger partial charge in [0.25, 0.3) is 10.0 Å². The van der Waals surface area contributed by atoms with Crippen LogP contribution in [0.15, 0.2) is 47.5 Å². The van der Waals surface area contributed by atoms with Crippen molar-refractivity contribution in [1.82, 2.24) is 4.98 Å². The Hall–Kier alpha value is -2.03. The van der Waals surface area contributed by atoms with Crippen LogP contribution in [0, 0.1) is 0 Å². The monoisotopic (exact) mass is 323 g/mol. The van der Waals surface area contributed by atoms with E-state index in [4.69, 9.17) is 23.1 Å². The van der Waals surface area contributed by atoms with Crippen molar-refractivity contribution in [1.29, 1.82) is 0 Å². The molecule has 0 amide bonds. The van der Waals surface area contributed by atoms with Crippen molar-refractivity contribution in [2.24, 2.45) is 5.73 Å². The van der Waals surface area contributed by atoms with Gasteiger partial charge in [-0.3, -0.25) is 9.71 Å². The second-order valence-corrected chi connectivity index (χ2v) is 6.33. The lowest BCUT2D eigenvalue weighted by molar-refractivity contribution is 0.282. The molecule has 0 bridgehead atoms. The maximum Gasteiger partial charge on any atom is 0.263 e. The summed E-state index contributed by atoms with van der Waals surface area (Å²) in [6.45, 7) is -0.0998. The Labute approximate surface area is 127 Å². The standard InChI is InChI=1S/C13H13N3O3S2/c14-13(20)12-6-5-11(7-15-12)21(18,19)16-10-3-1-9(8-17)2-4-10/h1-7,16-17H,8H2,(H2,14,20). The highest BCUT2D eigenvalue weighted by molar-refractivity contribution is 7.92. The minimum absolute atomic E-state index is 0.00809. The number of pyridine rings is 1. The fraction of sp³-hybridized carbons (Fsp3) is 0.0769. The summed E-state index contributed by atoms with van der Waals surface area (Å²) in [5, 5.41) is 8.94. The SMILES string of the molecule is NC(=S)c1ccc(S(=O)(=O)Nc2ccc(CO)cc2)cn1. The molecule has 21 heavy (non-hydrogen) atoms. The van der Waals surface area contributed by atoms with Gasteiger partial charge in [-0.1, -0.05) is 24.4 Å². The highest BCUT2D eigenvalue weighted by atomic mass is 32.2. The molecule has 0 atom stereocenters.